The third kappa shape index (κ3) is 5.81. The van der Waals surface area contributed by atoms with Crippen LogP contribution in [-0.2, 0) is 17.8 Å². The fourth-order valence-corrected chi connectivity index (χ4v) is 4.90. The average molecular weight is 418 g/mol. The number of para-hydroxylation sites is 1. The molecular weight excluding hydrogens is 398 g/mol. The summed E-state index contributed by atoms with van der Waals surface area (Å²) in [6, 6.07) is 17.9. The number of anilines is 1. The maximum absolute atomic E-state index is 12.2. The van der Waals surface area contributed by atoms with Gasteiger partial charge >= 0.3 is 0 Å². The van der Waals surface area contributed by atoms with E-state index >= 15 is 0 Å². The molecule has 1 heterocycles. The van der Waals surface area contributed by atoms with Crippen molar-refractivity contribution in [2.24, 2.45) is 0 Å². The van der Waals surface area contributed by atoms with Gasteiger partial charge in [-0.2, -0.15) is 0 Å². The average Bonchev–Trinajstić information content (AvgIpc) is 3.02. The Labute approximate surface area is 172 Å². The molecule has 0 saturated carbocycles. The second-order valence-corrected chi connectivity index (χ2v) is 8.53. The SMILES string of the molecule is CCc1ccccc1NC(=O)CNCc1sc(Sc2ccccc2)nc1Cl. The summed E-state index contributed by atoms with van der Waals surface area (Å²) in [5.74, 6) is -0.0737. The van der Waals surface area contributed by atoms with E-state index in [1.807, 2.05) is 54.6 Å². The lowest BCUT2D eigenvalue weighted by atomic mass is 10.1. The Hall–Kier alpha value is -1.86. The van der Waals surface area contributed by atoms with Crippen LogP contribution in [0, 0.1) is 0 Å². The molecule has 3 aromatic rings. The van der Waals surface area contributed by atoms with E-state index in [0.29, 0.717) is 11.7 Å². The lowest BCUT2D eigenvalue weighted by Crippen LogP contribution is -2.27. The number of carbonyl (C=O) groups is 1. The number of halogens is 1. The normalized spacial score (nSPS) is 10.7. The number of thiazole rings is 1. The van der Waals surface area contributed by atoms with Crippen molar-refractivity contribution in [2.45, 2.75) is 29.1 Å². The van der Waals surface area contributed by atoms with Gasteiger partial charge in [0.2, 0.25) is 5.91 Å². The van der Waals surface area contributed by atoms with Crippen LogP contribution in [0.5, 0.6) is 0 Å². The zero-order chi connectivity index (χ0) is 19.1. The highest BCUT2D eigenvalue weighted by atomic mass is 35.5. The number of hydrogen-bond donors (Lipinski definition) is 2. The van der Waals surface area contributed by atoms with Gasteiger partial charge in [0.15, 0.2) is 4.34 Å². The van der Waals surface area contributed by atoms with Crippen LogP contribution in [0.15, 0.2) is 63.8 Å². The van der Waals surface area contributed by atoms with Crippen molar-refractivity contribution in [3.8, 4) is 0 Å². The van der Waals surface area contributed by atoms with Gasteiger partial charge in [-0.05, 0) is 30.2 Å². The Morgan fingerprint density at radius 2 is 1.89 bits per heavy atom. The molecule has 0 aliphatic carbocycles. The van der Waals surface area contributed by atoms with Gasteiger partial charge in [-0.25, -0.2) is 4.98 Å². The molecule has 2 N–H and O–H groups in total. The summed E-state index contributed by atoms with van der Waals surface area (Å²) in [6.07, 6.45) is 0.877. The Bertz CT molecular complexity index is 899. The standard InChI is InChI=1S/C20H20ClN3OS2/c1-2-14-8-6-7-11-16(14)23-18(25)13-22-12-17-19(21)24-20(27-17)26-15-9-4-3-5-10-15/h3-11,22H,2,12-13H2,1H3,(H,23,25). The molecule has 0 atom stereocenters. The van der Waals surface area contributed by atoms with E-state index in [9.17, 15) is 4.79 Å². The molecule has 3 rings (SSSR count). The van der Waals surface area contributed by atoms with Crippen LogP contribution in [0.3, 0.4) is 0 Å². The molecule has 140 valence electrons. The van der Waals surface area contributed by atoms with Gasteiger partial charge in [-0.3, -0.25) is 4.79 Å². The van der Waals surface area contributed by atoms with Gasteiger partial charge in [0, 0.05) is 17.1 Å². The van der Waals surface area contributed by atoms with Crippen molar-refractivity contribution in [3.63, 3.8) is 0 Å². The fourth-order valence-electron chi connectivity index (χ4n) is 2.49. The van der Waals surface area contributed by atoms with E-state index in [2.05, 4.69) is 22.5 Å². The molecule has 1 aromatic heterocycles. The number of aromatic nitrogens is 1. The minimum atomic E-state index is -0.0737. The van der Waals surface area contributed by atoms with Crippen molar-refractivity contribution in [1.29, 1.82) is 0 Å². The van der Waals surface area contributed by atoms with Crippen LogP contribution < -0.4 is 10.6 Å². The summed E-state index contributed by atoms with van der Waals surface area (Å²) in [7, 11) is 0. The number of amides is 1. The Morgan fingerprint density at radius 3 is 2.67 bits per heavy atom. The minimum absolute atomic E-state index is 0.0737. The molecular formula is C20H20ClN3OS2. The van der Waals surface area contributed by atoms with E-state index in [1.165, 1.54) is 0 Å². The van der Waals surface area contributed by atoms with E-state index in [0.717, 1.165) is 31.8 Å². The third-order valence-corrected chi connectivity index (χ3v) is 6.37. The molecule has 0 aliphatic heterocycles. The highest BCUT2D eigenvalue weighted by Gasteiger charge is 2.11. The topological polar surface area (TPSA) is 54.0 Å². The highest BCUT2D eigenvalue weighted by molar-refractivity contribution is 8.01. The summed E-state index contributed by atoms with van der Waals surface area (Å²) in [6.45, 7) is 2.79. The number of hydrogen-bond acceptors (Lipinski definition) is 5. The Balaban J connectivity index is 1.51. The first-order valence-corrected chi connectivity index (χ1v) is 10.6. The lowest BCUT2D eigenvalue weighted by Gasteiger charge is -2.10. The molecule has 0 saturated heterocycles. The predicted molar refractivity (Wildman–Crippen MR) is 114 cm³/mol. The van der Waals surface area contributed by atoms with Crippen LogP contribution in [0.25, 0.3) is 0 Å². The number of benzene rings is 2. The predicted octanol–water partition coefficient (Wildman–Crippen LogP) is 5.24. The zero-order valence-corrected chi connectivity index (χ0v) is 17.3. The van der Waals surface area contributed by atoms with Crippen LogP contribution in [0.4, 0.5) is 5.69 Å². The van der Waals surface area contributed by atoms with Gasteiger partial charge in [-0.1, -0.05) is 66.7 Å². The van der Waals surface area contributed by atoms with Crippen molar-refractivity contribution in [3.05, 3.63) is 70.2 Å². The van der Waals surface area contributed by atoms with E-state index in [4.69, 9.17) is 11.6 Å². The van der Waals surface area contributed by atoms with Gasteiger partial charge in [0.05, 0.1) is 11.4 Å². The smallest absolute Gasteiger partial charge is 0.238 e. The fraction of sp³-hybridized carbons (Fsp3) is 0.200. The molecule has 0 radical (unpaired) electrons. The van der Waals surface area contributed by atoms with Gasteiger partial charge in [0.25, 0.3) is 0 Å². The Kier molecular flexibility index (Phi) is 7.29. The number of nitrogens with one attached hydrogen (secondary N) is 2. The molecule has 0 bridgehead atoms. The summed E-state index contributed by atoms with van der Waals surface area (Å²) >= 11 is 9.37. The molecule has 4 nitrogen and oxygen atoms in total. The summed E-state index contributed by atoms with van der Waals surface area (Å²) in [5, 5.41) is 6.58. The van der Waals surface area contributed by atoms with Crippen LogP contribution >= 0.6 is 34.7 Å². The highest BCUT2D eigenvalue weighted by Crippen LogP contribution is 2.34. The molecule has 0 fully saturated rings. The molecule has 2 aromatic carbocycles. The summed E-state index contributed by atoms with van der Waals surface area (Å²) in [4.78, 5) is 18.6. The number of aryl methyl sites for hydroxylation is 1. The van der Waals surface area contributed by atoms with Gasteiger partial charge < -0.3 is 10.6 Å². The summed E-state index contributed by atoms with van der Waals surface area (Å²) < 4.78 is 0.893. The van der Waals surface area contributed by atoms with Crippen molar-refractivity contribution in [2.75, 3.05) is 11.9 Å². The van der Waals surface area contributed by atoms with Crippen molar-refractivity contribution >= 4 is 46.3 Å². The van der Waals surface area contributed by atoms with Crippen LogP contribution in [0.1, 0.15) is 17.4 Å². The van der Waals surface area contributed by atoms with Crippen molar-refractivity contribution in [1.82, 2.24) is 10.3 Å². The van der Waals surface area contributed by atoms with Crippen LogP contribution in [-0.4, -0.2) is 17.4 Å². The summed E-state index contributed by atoms with van der Waals surface area (Å²) in [5.41, 5.74) is 1.99. The van der Waals surface area contributed by atoms with E-state index in [-0.39, 0.29) is 12.5 Å². The minimum Gasteiger partial charge on any atom is -0.325 e. The second-order valence-electron chi connectivity index (χ2n) is 5.77. The second kappa shape index (κ2) is 9.90. The lowest BCUT2D eigenvalue weighted by molar-refractivity contribution is -0.115. The number of nitrogens with zero attached hydrogens (tertiary/aromatic N) is 1. The quantitative estimate of drug-likeness (QED) is 0.526. The molecule has 0 spiro atoms. The first kappa shape index (κ1) is 19.9. The molecule has 0 aliphatic rings. The number of carbonyl (C=O) groups excluding carboxylic acids is 1. The number of rotatable bonds is 8. The van der Waals surface area contributed by atoms with E-state index in [1.54, 1.807) is 23.1 Å². The van der Waals surface area contributed by atoms with Crippen molar-refractivity contribution < 1.29 is 4.79 Å². The largest absolute Gasteiger partial charge is 0.325 e. The first-order chi connectivity index (χ1) is 13.2. The zero-order valence-electron chi connectivity index (χ0n) is 14.9. The van der Waals surface area contributed by atoms with E-state index < -0.39 is 0 Å². The molecule has 7 heteroatoms. The monoisotopic (exact) mass is 417 g/mol. The first-order valence-electron chi connectivity index (χ1n) is 8.62. The maximum Gasteiger partial charge on any atom is 0.238 e. The van der Waals surface area contributed by atoms with Crippen LogP contribution in [0.2, 0.25) is 5.15 Å². The van der Waals surface area contributed by atoms with Gasteiger partial charge in [-0.15, -0.1) is 11.3 Å². The Morgan fingerprint density at radius 1 is 1.15 bits per heavy atom. The van der Waals surface area contributed by atoms with Gasteiger partial charge in [0.1, 0.15) is 5.15 Å². The maximum atomic E-state index is 12.2. The molecule has 0 unspecified atom stereocenters. The third-order valence-electron chi connectivity index (χ3n) is 3.82. The molecule has 1 amide bonds. The molecule has 27 heavy (non-hydrogen) atoms.